The Morgan fingerprint density at radius 2 is 1.57 bits per heavy atom. The maximum absolute atomic E-state index is 10.2. The molecule has 0 aliphatic heterocycles. The highest BCUT2D eigenvalue weighted by molar-refractivity contribution is 5.68. The van der Waals surface area contributed by atoms with Gasteiger partial charge in [-0.2, -0.15) is 5.48 Å². The highest BCUT2D eigenvalue weighted by Crippen LogP contribution is 2.18. The number of hydroxylamine groups is 1. The van der Waals surface area contributed by atoms with Crippen molar-refractivity contribution in [3.8, 4) is 11.5 Å². The second-order valence-electron chi connectivity index (χ2n) is 4.66. The Morgan fingerprint density at radius 1 is 0.913 bits per heavy atom. The third kappa shape index (κ3) is 6.82. The molecule has 0 saturated carbocycles. The van der Waals surface area contributed by atoms with E-state index in [1.54, 1.807) is 0 Å². The number of aliphatic carboxylic acids is 1. The maximum atomic E-state index is 10.2. The Balaban J connectivity index is 1.65. The summed E-state index contributed by atoms with van der Waals surface area (Å²) in [4.78, 5) is 15.1. The average molecular weight is 317 g/mol. The highest BCUT2D eigenvalue weighted by atomic mass is 16.7. The fourth-order valence-corrected chi connectivity index (χ4v) is 1.76. The van der Waals surface area contributed by atoms with Gasteiger partial charge in [-0.25, -0.2) is 0 Å². The second-order valence-corrected chi connectivity index (χ2v) is 4.66. The lowest BCUT2D eigenvalue weighted by Gasteiger charge is -2.09. The first-order chi connectivity index (χ1) is 11.2. The molecule has 23 heavy (non-hydrogen) atoms. The Kier molecular flexibility index (Phi) is 6.90. The molecule has 2 N–H and O–H groups in total. The van der Waals surface area contributed by atoms with Crippen LogP contribution in [0, 0.1) is 0 Å². The summed E-state index contributed by atoms with van der Waals surface area (Å²) in [6, 6.07) is 17.2. The lowest BCUT2D eigenvalue weighted by molar-refractivity contribution is -0.138. The van der Waals surface area contributed by atoms with Gasteiger partial charge in [-0.05, 0) is 29.8 Å². The first-order valence-corrected chi connectivity index (χ1v) is 7.20. The van der Waals surface area contributed by atoms with E-state index in [9.17, 15) is 4.79 Å². The topological polar surface area (TPSA) is 77.0 Å². The summed E-state index contributed by atoms with van der Waals surface area (Å²) in [5.41, 5.74) is 3.42. The summed E-state index contributed by atoms with van der Waals surface area (Å²) < 4.78 is 11.1. The molecule has 2 rings (SSSR count). The van der Waals surface area contributed by atoms with E-state index < -0.39 is 5.97 Å². The van der Waals surface area contributed by atoms with E-state index in [-0.39, 0.29) is 13.2 Å². The van der Waals surface area contributed by atoms with Gasteiger partial charge >= 0.3 is 5.97 Å². The summed E-state index contributed by atoms with van der Waals surface area (Å²) in [6.07, 6.45) is 0. The standard InChI is InChI=1S/C17H19NO5/c19-17(20)12-18-23-11-10-21-15-6-8-16(9-7-15)22-13-14-4-2-1-3-5-14/h1-9,18H,10-13H2,(H,19,20). The SMILES string of the molecule is O=C(O)CNOCCOc1ccc(OCc2ccccc2)cc1. The minimum absolute atomic E-state index is 0.243. The van der Waals surface area contributed by atoms with E-state index >= 15 is 0 Å². The molecule has 0 atom stereocenters. The lowest BCUT2D eigenvalue weighted by atomic mass is 10.2. The summed E-state index contributed by atoms with van der Waals surface area (Å²) in [6.45, 7) is 0.841. The fraction of sp³-hybridized carbons (Fsp3) is 0.235. The molecular formula is C17H19NO5. The monoisotopic (exact) mass is 317 g/mol. The van der Waals surface area contributed by atoms with E-state index in [0.29, 0.717) is 19.0 Å². The molecule has 0 radical (unpaired) electrons. The molecule has 2 aromatic rings. The molecule has 2 aromatic carbocycles. The quantitative estimate of drug-likeness (QED) is 0.517. The maximum Gasteiger partial charge on any atom is 0.319 e. The van der Waals surface area contributed by atoms with E-state index in [2.05, 4.69) is 5.48 Å². The van der Waals surface area contributed by atoms with Gasteiger partial charge in [0.25, 0.3) is 0 Å². The summed E-state index contributed by atoms with van der Waals surface area (Å²) in [5, 5.41) is 8.40. The molecule has 0 saturated heterocycles. The number of hydrogen-bond acceptors (Lipinski definition) is 5. The smallest absolute Gasteiger partial charge is 0.319 e. The van der Waals surface area contributed by atoms with Crippen LogP contribution in [0.3, 0.4) is 0 Å². The number of carboxylic acids is 1. The molecular weight excluding hydrogens is 298 g/mol. The number of carboxylic acid groups (broad SMARTS) is 1. The van der Waals surface area contributed by atoms with Gasteiger partial charge in [-0.1, -0.05) is 30.3 Å². The van der Waals surface area contributed by atoms with E-state index in [4.69, 9.17) is 19.4 Å². The molecule has 6 heteroatoms. The van der Waals surface area contributed by atoms with E-state index in [0.717, 1.165) is 11.3 Å². The normalized spacial score (nSPS) is 10.3. The zero-order valence-corrected chi connectivity index (χ0v) is 12.6. The molecule has 0 amide bonds. The number of nitrogens with one attached hydrogen (secondary N) is 1. The van der Waals surface area contributed by atoms with Crippen LogP contribution in [0.5, 0.6) is 11.5 Å². The molecule has 0 spiro atoms. The predicted octanol–water partition coefficient (Wildman–Crippen LogP) is 2.25. The molecule has 0 aliphatic rings. The number of carbonyl (C=O) groups is 1. The van der Waals surface area contributed by atoms with Crippen LogP contribution in [-0.4, -0.2) is 30.8 Å². The molecule has 0 heterocycles. The first kappa shape index (κ1) is 16.8. The van der Waals surface area contributed by atoms with Gasteiger partial charge in [-0.15, -0.1) is 0 Å². The van der Waals surface area contributed by atoms with Gasteiger partial charge in [0.15, 0.2) is 0 Å². The summed E-state index contributed by atoms with van der Waals surface area (Å²) >= 11 is 0. The zero-order valence-electron chi connectivity index (χ0n) is 12.6. The van der Waals surface area contributed by atoms with Crippen LogP contribution in [0.25, 0.3) is 0 Å². The number of ether oxygens (including phenoxy) is 2. The molecule has 0 bridgehead atoms. The van der Waals surface area contributed by atoms with Gasteiger partial charge in [0.1, 0.15) is 37.9 Å². The Morgan fingerprint density at radius 3 is 2.22 bits per heavy atom. The van der Waals surface area contributed by atoms with Crippen LogP contribution in [0.4, 0.5) is 0 Å². The van der Waals surface area contributed by atoms with Crippen molar-refractivity contribution in [2.45, 2.75) is 6.61 Å². The molecule has 6 nitrogen and oxygen atoms in total. The van der Waals surface area contributed by atoms with E-state index in [1.807, 2.05) is 54.6 Å². The zero-order chi connectivity index (χ0) is 16.3. The highest BCUT2D eigenvalue weighted by Gasteiger charge is 1.99. The number of rotatable bonds is 10. The van der Waals surface area contributed by atoms with Crippen LogP contribution in [0.15, 0.2) is 54.6 Å². The molecule has 0 unspecified atom stereocenters. The van der Waals surface area contributed by atoms with Crippen molar-refractivity contribution in [2.75, 3.05) is 19.8 Å². The average Bonchev–Trinajstić information content (AvgIpc) is 2.58. The molecule has 0 fully saturated rings. The van der Waals surface area contributed by atoms with Crippen LogP contribution in [-0.2, 0) is 16.2 Å². The fourth-order valence-electron chi connectivity index (χ4n) is 1.76. The van der Waals surface area contributed by atoms with Crippen molar-refractivity contribution >= 4 is 5.97 Å². The van der Waals surface area contributed by atoms with Gasteiger partial charge in [-0.3, -0.25) is 9.63 Å². The van der Waals surface area contributed by atoms with Crippen LogP contribution < -0.4 is 15.0 Å². The first-order valence-electron chi connectivity index (χ1n) is 7.20. The van der Waals surface area contributed by atoms with Crippen molar-refractivity contribution in [3.63, 3.8) is 0 Å². The Hall–Kier alpha value is -2.57. The van der Waals surface area contributed by atoms with Gasteiger partial charge in [0.2, 0.25) is 0 Å². The lowest BCUT2D eigenvalue weighted by Crippen LogP contribution is -2.24. The third-order valence-corrected chi connectivity index (χ3v) is 2.85. The Bertz CT molecular complexity index is 586. The van der Waals surface area contributed by atoms with Crippen LogP contribution in [0.2, 0.25) is 0 Å². The summed E-state index contributed by atoms with van der Waals surface area (Å²) in [5.74, 6) is 0.483. The summed E-state index contributed by atoms with van der Waals surface area (Å²) in [7, 11) is 0. The van der Waals surface area contributed by atoms with Crippen molar-refractivity contribution in [3.05, 3.63) is 60.2 Å². The second kappa shape index (κ2) is 9.45. The number of benzene rings is 2. The molecule has 122 valence electrons. The minimum atomic E-state index is -0.975. The van der Waals surface area contributed by atoms with Gasteiger partial charge in [0.05, 0.1) is 0 Å². The van der Waals surface area contributed by atoms with Crippen LogP contribution >= 0.6 is 0 Å². The van der Waals surface area contributed by atoms with Gasteiger partial charge < -0.3 is 14.6 Å². The van der Waals surface area contributed by atoms with Crippen LogP contribution in [0.1, 0.15) is 5.56 Å². The van der Waals surface area contributed by atoms with Crippen molar-refractivity contribution in [2.24, 2.45) is 0 Å². The van der Waals surface area contributed by atoms with Crippen molar-refractivity contribution < 1.29 is 24.2 Å². The predicted molar refractivity (Wildman–Crippen MR) is 84.3 cm³/mol. The minimum Gasteiger partial charge on any atom is -0.491 e. The van der Waals surface area contributed by atoms with Gasteiger partial charge in [0, 0.05) is 0 Å². The van der Waals surface area contributed by atoms with E-state index in [1.165, 1.54) is 0 Å². The number of hydrogen-bond donors (Lipinski definition) is 2. The largest absolute Gasteiger partial charge is 0.491 e. The molecule has 0 aliphatic carbocycles. The molecule has 0 aromatic heterocycles. The Labute approximate surface area is 134 Å². The third-order valence-electron chi connectivity index (χ3n) is 2.85. The van der Waals surface area contributed by atoms with Crippen molar-refractivity contribution in [1.29, 1.82) is 0 Å². The van der Waals surface area contributed by atoms with Crippen molar-refractivity contribution in [1.82, 2.24) is 5.48 Å².